The summed E-state index contributed by atoms with van der Waals surface area (Å²) in [6, 6.07) is 15.3. The van der Waals surface area contributed by atoms with Crippen molar-refractivity contribution in [3.8, 4) is 11.5 Å². The zero-order chi connectivity index (χ0) is 18.1. The smallest absolute Gasteiger partial charge is 0.251 e. The maximum Gasteiger partial charge on any atom is 0.251 e. The predicted molar refractivity (Wildman–Crippen MR) is 98.8 cm³/mol. The Kier molecular flexibility index (Phi) is 4.47. The van der Waals surface area contributed by atoms with E-state index < -0.39 is 0 Å². The Morgan fingerprint density at radius 3 is 2.50 bits per heavy atom. The molecule has 2 aliphatic heterocycles. The molecular weight excluding hydrogens is 328 g/mol. The Bertz CT molecular complexity index is 831. The van der Waals surface area contributed by atoms with E-state index in [2.05, 4.69) is 10.6 Å². The molecule has 4 rings (SSSR count). The number of nitrogens with one attached hydrogen (secondary N) is 2. The lowest BCUT2D eigenvalue weighted by Crippen LogP contribution is -2.42. The molecule has 0 aromatic heterocycles. The molecule has 134 valence electrons. The van der Waals surface area contributed by atoms with Gasteiger partial charge in [0.15, 0.2) is 5.78 Å². The lowest BCUT2D eigenvalue weighted by Gasteiger charge is -2.21. The van der Waals surface area contributed by atoms with E-state index in [1.807, 2.05) is 0 Å². The maximum absolute atomic E-state index is 12.4. The fraction of sp³-hybridized carbons (Fsp3) is 0.333. The molecule has 2 aromatic carbocycles. The highest BCUT2D eigenvalue weighted by molar-refractivity contribution is 5.95. The van der Waals surface area contributed by atoms with Crippen LogP contribution in [0.15, 0.2) is 48.5 Å². The van der Waals surface area contributed by atoms with Crippen LogP contribution in [0.1, 0.15) is 46.9 Å². The molecule has 2 heterocycles. The second kappa shape index (κ2) is 6.92. The average molecular weight is 350 g/mol. The van der Waals surface area contributed by atoms with Gasteiger partial charge in [-0.15, -0.1) is 0 Å². The van der Waals surface area contributed by atoms with Crippen LogP contribution in [0.4, 0.5) is 0 Å². The number of fused-ring (bicyclic) bond motifs is 2. The Morgan fingerprint density at radius 2 is 1.85 bits per heavy atom. The van der Waals surface area contributed by atoms with Gasteiger partial charge in [0.1, 0.15) is 11.5 Å². The van der Waals surface area contributed by atoms with E-state index in [9.17, 15) is 9.59 Å². The van der Waals surface area contributed by atoms with Crippen molar-refractivity contribution in [1.29, 1.82) is 0 Å². The molecule has 0 spiro atoms. The van der Waals surface area contributed by atoms with Gasteiger partial charge in [0.2, 0.25) is 0 Å². The fourth-order valence-corrected chi connectivity index (χ4v) is 3.82. The van der Waals surface area contributed by atoms with Crippen molar-refractivity contribution in [2.75, 3.05) is 0 Å². The van der Waals surface area contributed by atoms with Gasteiger partial charge in [-0.2, -0.15) is 0 Å². The highest BCUT2D eigenvalue weighted by Gasteiger charge is 2.39. The SMILES string of the molecule is CC(=O)c1cccc(Oc2ccc(C(=O)N[C@@H]3C[C@H]4CC[C@@H]3N4)cc2)c1. The molecule has 2 fully saturated rings. The molecule has 5 heteroatoms. The molecule has 2 saturated heterocycles. The fourth-order valence-electron chi connectivity index (χ4n) is 3.82. The third-order valence-electron chi connectivity index (χ3n) is 5.21. The summed E-state index contributed by atoms with van der Waals surface area (Å²) in [6.07, 6.45) is 3.37. The van der Waals surface area contributed by atoms with E-state index in [0.717, 1.165) is 12.8 Å². The number of hydrogen-bond donors (Lipinski definition) is 2. The largest absolute Gasteiger partial charge is 0.457 e. The average Bonchev–Trinajstić information content (AvgIpc) is 3.25. The molecule has 26 heavy (non-hydrogen) atoms. The first-order chi connectivity index (χ1) is 12.6. The summed E-state index contributed by atoms with van der Waals surface area (Å²) < 4.78 is 5.78. The topological polar surface area (TPSA) is 67.4 Å². The normalized spacial score (nSPS) is 23.7. The van der Waals surface area contributed by atoms with Crippen LogP contribution in [0.25, 0.3) is 0 Å². The lowest BCUT2D eigenvalue weighted by atomic mass is 9.95. The van der Waals surface area contributed by atoms with Crippen molar-refractivity contribution in [3.05, 3.63) is 59.7 Å². The van der Waals surface area contributed by atoms with Crippen LogP contribution in [0, 0.1) is 0 Å². The molecule has 0 saturated carbocycles. The number of Topliss-reactive ketones (excluding diaryl/α,β-unsaturated/α-hetero) is 1. The maximum atomic E-state index is 12.4. The Balaban J connectivity index is 1.39. The first kappa shape index (κ1) is 16.8. The monoisotopic (exact) mass is 350 g/mol. The van der Waals surface area contributed by atoms with Crippen LogP contribution in [0.5, 0.6) is 11.5 Å². The van der Waals surface area contributed by atoms with Crippen LogP contribution >= 0.6 is 0 Å². The first-order valence-corrected chi connectivity index (χ1v) is 9.04. The van der Waals surface area contributed by atoms with Crippen LogP contribution in [-0.2, 0) is 0 Å². The van der Waals surface area contributed by atoms with Crippen molar-refractivity contribution in [2.45, 2.75) is 44.3 Å². The molecule has 0 aliphatic carbocycles. The second-order valence-corrected chi connectivity index (χ2v) is 7.07. The van der Waals surface area contributed by atoms with Crippen molar-refractivity contribution in [2.24, 2.45) is 0 Å². The number of carbonyl (C=O) groups excluding carboxylic acids is 2. The van der Waals surface area contributed by atoms with Crippen molar-refractivity contribution in [3.63, 3.8) is 0 Å². The minimum Gasteiger partial charge on any atom is -0.457 e. The van der Waals surface area contributed by atoms with E-state index in [4.69, 9.17) is 4.74 Å². The van der Waals surface area contributed by atoms with Crippen LogP contribution in [-0.4, -0.2) is 29.8 Å². The summed E-state index contributed by atoms with van der Waals surface area (Å²) in [7, 11) is 0. The van der Waals surface area contributed by atoms with Gasteiger partial charge in [0, 0.05) is 29.3 Å². The lowest BCUT2D eigenvalue weighted by molar-refractivity contribution is 0.0930. The highest BCUT2D eigenvalue weighted by Crippen LogP contribution is 2.28. The third kappa shape index (κ3) is 3.48. The molecular formula is C21H22N2O3. The summed E-state index contributed by atoms with van der Waals surface area (Å²) >= 11 is 0. The van der Waals surface area contributed by atoms with Gasteiger partial charge in [-0.3, -0.25) is 9.59 Å². The van der Waals surface area contributed by atoms with Crippen molar-refractivity contribution in [1.82, 2.24) is 10.6 Å². The van der Waals surface area contributed by atoms with Gasteiger partial charge in [-0.1, -0.05) is 12.1 Å². The van der Waals surface area contributed by atoms with Crippen LogP contribution < -0.4 is 15.4 Å². The number of rotatable bonds is 5. The van der Waals surface area contributed by atoms with Gasteiger partial charge >= 0.3 is 0 Å². The summed E-state index contributed by atoms with van der Waals surface area (Å²) in [5.74, 6) is 1.18. The summed E-state index contributed by atoms with van der Waals surface area (Å²) in [6.45, 7) is 1.53. The van der Waals surface area contributed by atoms with Crippen molar-refractivity contribution >= 4 is 11.7 Å². The number of benzene rings is 2. The molecule has 0 unspecified atom stereocenters. The minimum atomic E-state index is -0.0468. The second-order valence-electron chi connectivity index (χ2n) is 7.07. The summed E-state index contributed by atoms with van der Waals surface area (Å²) in [4.78, 5) is 23.9. The number of hydrogen-bond acceptors (Lipinski definition) is 4. The highest BCUT2D eigenvalue weighted by atomic mass is 16.5. The van der Waals surface area contributed by atoms with Gasteiger partial charge < -0.3 is 15.4 Å². The third-order valence-corrected chi connectivity index (χ3v) is 5.21. The minimum absolute atomic E-state index is 0.00225. The standard InChI is InChI=1S/C21H22N2O3/c1-13(24)15-3-2-4-18(11-15)26-17-8-5-14(6-9-17)21(25)23-20-12-16-7-10-19(20)22-16/h2-6,8-9,11,16,19-20,22H,7,10,12H2,1H3,(H,23,25)/t16-,19+,20-/m1/s1. The van der Waals surface area contributed by atoms with E-state index in [-0.39, 0.29) is 17.7 Å². The Hall–Kier alpha value is -2.66. The number of carbonyl (C=O) groups is 2. The van der Waals surface area contributed by atoms with E-state index in [0.29, 0.717) is 34.7 Å². The van der Waals surface area contributed by atoms with Gasteiger partial charge in [-0.05, 0) is 62.6 Å². The van der Waals surface area contributed by atoms with E-state index in [1.165, 1.54) is 13.3 Å². The molecule has 0 radical (unpaired) electrons. The molecule has 5 nitrogen and oxygen atoms in total. The molecule has 2 bridgehead atoms. The number of ketones is 1. The van der Waals surface area contributed by atoms with E-state index in [1.54, 1.807) is 48.5 Å². The zero-order valence-electron chi connectivity index (χ0n) is 14.7. The van der Waals surface area contributed by atoms with Gasteiger partial charge in [0.05, 0.1) is 0 Å². The van der Waals surface area contributed by atoms with Crippen molar-refractivity contribution < 1.29 is 14.3 Å². The Morgan fingerprint density at radius 1 is 1.04 bits per heavy atom. The first-order valence-electron chi connectivity index (χ1n) is 9.04. The molecule has 1 amide bonds. The summed E-state index contributed by atoms with van der Waals surface area (Å²) in [5.41, 5.74) is 1.23. The zero-order valence-corrected chi connectivity index (χ0v) is 14.7. The summed E-state index contributed by atoms with van der Waals surface area (Å²) in [5, 5.41) is 6.66. The van der Waals surface area contributed by atoms with Crippen LogP contribution in [0.3, 0.4) is 0 Å². The molecule has 2 aliphatic rings. The predicted octanol–water partition coefficient (Wildman–Crippen LogP) is 3.30. The quantitative estimate of drug-likeness (QED) is 0.812. The Labute approximate surface area is 152 Å². The number of ether oxygens (including phenoxy) is 1. The molecule has 3 atom stereocenters. The van der Waals surface area contributed by atoms with Gasteiger partial charge in [-0.25, -0.2) is 0 Å². The number of amides is 1. The van der Waals surface area contributed by atoms with Gasteiger partial charge in [0.25, 0.3) is 5.91 Å². The molecule has 2 N–H and O–H groups in total. The van der Waals surface area contributed by atoms with E-state index >= 15 is 0 Å². The molecule has 2 aromatic rings. The van der Waals surface area contributed by atoms with Crippen LogP contribution in [0.2, 0.25) is 0 Å².